The van der Waals surface area contributed by atoms with Crippen LogP contribution in [0, 0.1) is 66.0 Å². The Morgan fingerprint density at radius 2 is 0.959 bits per heavy atom. The number of allylic oxidation sites excluding steroid dienone is 14. The second-order valence-electron chi connectivity index (χ2n) is 28.2. The minimum Gasteiger partial charge on any atom is -0.504 e. The zero-order valence-electron chi connectivity index (χ0n) is 47.0. The molecule has 10 aliphatic rings. The molecule has 0 saturated heterocycles. The molecule has 12 atom stereocenters. The maximum Gasteiger partial charge on any atom is 0.309 e. The molecule has 3 N–H and O–H groups in total. The van der Waals surface area contributed by atoms with Gasteiger partial charge in [-0.25, -0.2) is 0 Å². The maximum atomic E-state index is 14.1. The van der Waals surface area contributed by atoms with E-state index in [1.54, 1.807) is 12.2 Å². The van der Waals surface area contributed by atoms with Crippen LogP contribution >= 0.6 is 0 Å². The number of fused-ring (bicyclic) bond motifs is 14. The molecule has 0 unspecified atom stereocenters. The normalized spacial score (nSPS) is 42.9. The van der Waals surface area contributed by atoms with Crippen molar-refractivity contribution in [3.8, 4) is 0 Å². The SMILES string of the molecule is CC1=C(O)C(=O)C=C2C1=CC=C1[C@@]2(C)CC[C@@]2(C)[C@@H]3C[C@](C)(C(=O)N(C)Cc4ccccc4)CC[C@]3(C)CC[C@]12C.CC1=C(O)C(=O)C=C2C1=CC=C1[C@@]2(C)CC[C@@]2(C)[C@@H]3C[C@](C)(C(=O)O)CC[C@]3(C)CC[C@]12C. The number of amides is 1. The van der Waals surface area contributed by atoms with Crippen molar-refractivity contribution in [2.75, 3.05) is 7.05 Å². The van der Waals surface area contributed by atoms with Crippen molar-refractivity contribution in [3.63, 3.8) is 0 Å². The van der Waals surface area contributed by atoms with Crippen molar-refractivity contribution in [2.45, 2.75) is 180 Å². The summed E-state index contributed by atoms with van der Waals surface area (Å²) in [6, 6.07) is 10.3. The first-order valence-corrected chi connectivity index (χ1v) is 28.1. The van der Waals surface area contributed by atoms with E-state index in [1.165, 1.54) is 16.7 Å². The lowest BCUT2D eigenvalue weighted by Crippen LogP contribution is -2.62. The highest BCUT2D eigenvalue weighted by Crippen LogP contribution is 2.77. The molecular formula is C66H85NO7. The number of rotatable bonds is 4. The second-order valence-corrected chi connectivity index (χ2v) is 28.2. The molecule has 6 saturated carbocycles. The number of carbonyl (C=O) groups is 4. The summed E-state index contributed by atoms with van der Waals surface area (Å²) in [7, 11) is 1.97. The number of aliphatic hydroxyl groups is 2. The maximum absolute atomic E-state index is 14.1. The van der Waals surface area contributed by atoms with E-state index in [0.717, 1.165) is 112 Å². The van der Waals surface area contributed by atoms with Crippen LogP contribution in [0.25, 0.3) is 0 Å². The monoisotopic (exact) mass is 1000 g/mol. The molecule has 0 aliphatic heterocycles. The van der Waals surface area contributed by atoms with Gasteiger partial charge in [0.2, 0.25) is 17.5 Å². The molecule has 1 aromatic rings. The summed E-state index contributed by atoms with van der Waals surface area (Å²) < 4.78 is 0. The van der Waals surface area contributed by atoms with E-state index in [1.807, 2.05) is 50.9 Å². The summed E-state index contributed by atoms with van der Waals surface area (Å²) in [6.07, 6.45) is 26.2. The van der Waals surface area contributed by atoms with E-state index in [9.17, 15) is 34.5 Å². The predicted octanol–water partition coefficient (Wildman–Crippen LogP) is 15.0. The molecule has 0 spiro atoms. The van der Waals surface area contributed by atoms with Crippen molar-refractivity contribution < 1.29 is 34.5 Å². The van der Waals surface area contributed by atoms with E-state index in [-0.39, 0.29) is 77.7 Å². The smallest absolute Gasteiger partial charge is 0.309 e. The van der Waals surface area contributed by atoms with Gasteiger partial charge >= 0.3 is 5.97 Å². The van der Waals surface area contributed by atoms with Gasteiger partial charge < -0.3 is 20.2 Å². The molecule has 0 heterocycles. The van der Waals surface area contributed by atoms with Gasteiger partial charge in [0, 0.05) is 41.0 Å². The van der Waals surface area contributed by atoms with Gasteiger partial charge in [-0.1, -0.05) is 128 Å². The number of ketones is 2. The number of aliphatic hydroxyl groups excluding tert-OH is 2. The molecule has 11 rings (SSSR count). The van der Waals surface area contributed by atoms with E-state index in [2.05, 4.69) is 98.8 Å². The third-order valence-electron chi connectivity index (χ3n) is 24.4. The number of hydrogen-bond donors (Lipinski definition) is 3. The molecule has 10 aliphatic carbocycles. The number of carboxylic acid groups (broad SMARTS) is 1. The van der Waals surface area contributed by atoms with Crippen molar-refractivity contribution in [1.29, 1.82) is 0 Å². The Morgan fingerprint density at radius 3 is 1.39 bits per heavy atom. The van der Waals surface area contributed by atoms with Gasteiger partial charge in [-0.3, -0.25) is 19.2 Å². The molecule has 1 amide bonds. The van der Waals surface area contributed by atoms with Crippen LogP contribution in [0.3, 0.4) is 0 Å². The van der Waals surface area contributed by atoms with Gasteiger partial charge in [-0.05, 0) is 195 Å². The fourth-order valence-electron chi connectivity index (χ4n) is 18.7. The Kier molecular flexibility index (Phi) is 11.9. The Morgan fingerprint density at radius 1 is 0.554 bits per heavy atom. The molecule has 1 aromatic carbocycles. The highest BCUT2D eigenvalue weighted by molar-refractivity contribution is 6.07. The van der Waals surface area contributed by atoms with Gasteiger partial charge in [0.1, 0.15) is 0 Å². The van der Waals surface area contributed by atoms with Crippen molar-refractivity contribution in [2.24, 2.45) is 66.0 Å². The zero-order valence-corrected chi connectivity index (χ0v) is 47.0. The average Bonchev–Trinajstić information content (AvgIpc) is 3.36. The van der Waals surface area contributed by atoms with Crippen molar-refractivity contribution >= 4 is 23.4 Å². The highest BCUT2D eigenvalue weighted by Gasteiger charge is 2.69. The number of carboxylic acids is 1. The first-order valence-electron chi connectivity index (χ1n) is 28.1. The Balaban J connectivity index is 0.000000173. The first kappa shape index (κ1) is 52.5. The lowest BCUT2D eigenvalue weighted by molar-refractivity contribution is -0.178. The van der Waals surface area contributed by atoms with Crippen molar-refractivity contribution in [1.82, 2.24) is 4.90 Å². The molecule has 74 heavy (non-hydrogen) atoms. The van der Waals surface area contributed by atoms with Crippen molar-refractivity contribution in [3.05, 3.63) is 128 Å². The second kappa shape index (κ2) is 16.8. The summed E-state index contributed by atoms with van der Waals surface area (Å²) in [6.45, 7) is 27.9. The summed E-state index contributed by atoms with van der Waals surface area (Å²) >= 11 is 0. The molecule has 0 bridgehead atoms. The predicted molar refractivity (Wildman–Crippen MR) is 292 cm³/mol. The first-order chi connectivity index (χ1) is 34.4. The van der Waals surface area contributed by atoms with Crippen LogP contribution in [0.4, 0.5) is 0 Å². The number of carbonyl (C=O) groups excluding carboxylic acids is 3. The lowest BCUT2D eigenvalue weighted by atomic mass is 9.34. The van der Waals surface area contributed by atoms with Gasteiger partial charge in [0.05, 0.1) is 5.41 Å². The van der Waals surface area contributed by atoms with Gasteiger partial charge in [0.15, 0.2) is 11.5 Å². The molecule has 6 fully saturated rings. The molecule has 396 valence electrons. The van der Waals surface area contributed by atoms with Crippen LogP contribution in [0.1, 0.15) is 179 Å². The Hall–Kier alpha value is -4.98. The van der Waals surface area contributed by atoms with E-state index in [0.29, 0.717) is 29.5 Å². The topological polar surface area (TPSA) is 132 Å². The van der Waals surface area contributed by atoms with Gasteiger partial charge in [-0.2, -0.15) is 0 Å². The summed E-state index contributed by atoms with van der Waals surface area (Å²) in [4.78, 5) is 53.7. The molecule has 8 heteroatoms. The van der Waals surface area contributed by atoms with Crippen LogP contribution in [0.2, 0.25) is 0 Å². The quantitative estimate of drug-likeness (QED) is 0.274. The minimum atomic E-state index is -0.655. The molecular weight excluding hydrogens is 919 g/mol. The minimum absolute atomic E-state index is 0.0000746. The van der Waals surface area contributed by atoms with E-state index >= 15 is 0 Å². The molecule has 0 radical (unpaired) electrons. The molecule has 0 aromatic heterocycles. The lowest BCUT2D eigenvalue weighted by Gasteiger charge is -2.70. The van der Waals surface area contributed by atoms with Crippen LogP contribution in [-0.4, -0.2) is 50.7 Å². The number of hydrogen-bond acceptors (Lipinski definition) is 6. The highest BCUT2D eigenvalue weighted by atomic mass is 16.4. The average molecular weight is 1000 g/mol. The summed E-state index contributed by atoms with van der Waals surface area (Å²) in [5, 5.41) is 30.7. The summed E-state index contributed by atoms with van der Waals surface area (Å²) in [5.74, 6) is -0.415. The van der Waals surface area contributed by atoms with E-state index < -0.39 is 11.4 Å². The zero-order chi connectivity index (χ0) is 53.8. The number of aliphatic carboxylic acids is 1. The van der Waals surface area contributed by atoms with Crippen LogP contribution in [-0.2, 0) is 25.7 Å². The standard InChI is InChI=1S/C37H47NO3.C29H38O4/c1-24-26-13-14-29-35(4,27(26)21-28(39)31(24)40)18-20-37(6)30-22-34(3,16-15-33(30,2)17-19-36(29,37)5)32(41)38(7)23-25-11-9-8-10-12-25;1-17-18-7-8-21-27(4,19(18)15-20(30)23(17)31)12-14-29(6)22-16-26(3,24(32)33)10-9-25(22,2)11-13-28(21,29)5/h8-14,21,30,40H,15-20,22-23H2,1-7H3;7-8,15,22,31H,9-14,16H2,1-6H3,(H,32,33)/t30-,33-,34-,35+,36-,37+;22-,25-,26-,27+,28-,29+/m11/s1. The van der Waals surface area contributed by atoms with Crippen LogP contribution in [0.5, 0.6) is 0 Å². The summed E-state index contributed by atoms with van der Waals surface area (Å²) in [5.41, 5.74) is 8.35. The third-order valence-corrected chi connectivity index (χ3v) is 24.4. The fourth-order valence-corrected chi connectivity index (χ4v) is 18.7. The van der Waals surface area contributed by atoms with Crippen LogP contribution < -0.4 is 0 Å². The van der Waals surface area contributed by atoms with Crippen LogP contribution in [0.15, 0.2) is 123 Å². The number of nitrogens with zero attached hydrogens (tertiary/aromatic N) is 1. The Bertz CT molecular complexity index is 2940. The fraction of sp³-hybridized carbons (Fsp3) is 0.606. The van der Waals surface area contributed by atoms with E-state index in [4.69, 9.17) is 0 Å². The Labute approximate surface area is 442 Å². The van der Waals surface area contributed by atoms with Gasteiger partial charge in [0.25, 0.3) is 0 Å². The largest absolute Gasteiger partial charge is 0.504 e. The molecule has 8 nitrogen and oxygen atoms in total. The van der Waals surface area contributed by atoms with Gasteiger partial charge in [-0.15, -0.1) is 0 Å². The third kappa shape index (κ3) is 7.09. The number of benzene rings is 1.